The molecule has 60 heavy (non-hydrogen) atoms. The summed E-state index contributed by atoms with van der Waals surface area (Å²) in [5.74, 6) is -1.64. The van der Waals surface area contributed by atoms with Gasteiger partial charge in [0.15, 0.2) is 29.2 Å². The van der Waals surface area contributed by atoms with Crippen LogP contribution in [0.3, 0.4) is 0 Å². The maximum atomic E-state index is 13.7. The highest BCUT2D eigenvalue weighted by atomic mass is 16.5. The van der Waals surface area contributed by atoms with Crippen molar-refractivity contribution >= 4 is 23.3 Å². The normalized spacial score (nSPS) is 33.9. The summed E-state index contributed by atoms with van der Waals surface area (Å²) >= 11 is 0. The number of aliphatic hydroxyl groups is 1. The van der Waals surface area contributed by atoms with Crippen LogP contribution < -0.4 is 30.6 Å². The fraction of sp³-hybridized carbons (Fsp3) is 0.500. The van der Waals surface area contributed by atoms with E-state index >= 15 is 0 Å². The molecule has 0 bridgehead atoms. The number of nitrogens with zero attached hydrogens (tertiary/aromatic N) is 2. The van der Waals surface area contributed by atoms with Crippen molar-refractivity contribution in [3.63, 3.8) is 0 Å². The van der Waals surface area contributed by atoms with E-state index in [-0.39, 0.29) is 42.1 Å². The molecule has 2 spiro atoms. The second-order valence-corrected chi connectivity index (χ2v) is 17.4. The number of carbonyl (C=O) groups excluding carboxylic acids is 2. The Hall–Kier alpha value is -5.42. The highest BCUT2D eigenvalue weighted by Gasteiger charge is 2.75. The molecule has 16 nitrogen and oxygen atoms in total. The van der Waals surface area contributed by atoms with Gasteiger partial charge >= 0.3 is 11.9 Å². The van der Waals surface area contributed by atoms with Gasteiger partial charge in [-0.25, -0.2) is 14.5 Å². The standard InChI is InChI=1S/C44H51N5O11/c1-6-41-10-8-28(49-16-12-43(44(41,49)45)25-18-26(51)33(56-2)34(57-3)30(25)47-36(43)23(21-41)38(55)59-5)60-27-19-24-29(32(53)31(27)52)46-35-22(37(54)58-4)20-40(13-17-50)9-7-14-48-15-11-42(24,35)39(40)48/h7-10,18-19,28,39,46-47,50-53H,6,11-17,20-21,45H2,1-5H3/t28-,39+,40?,41+,42+,43+,44+/m1/s1. The second-order valence-electron chi connectivity index (χ2n) is 17.4. The number of nitrogens with one attached hydrogen (secondary N) is 2. The predicted octanol–water partition coefficient (Wildman–Crippen LogP) is 3.55. The van der Waals surface area contributed by atoms with E-state index < -0.39 is 57.0 Å². The van der Waals surface area contributed by atoms with Crippen molar-refractivity contribution in [2.75, 3.05) is 65.3 Å². The number of fused-ring (bicyclic) bond motifs is 2. The van der Waals surface area contributed by atoms with Gasteiger partial charge in [-0.05, 0) is 67.9 Å². The van der Waals surface area contributed by atoms with E-state index in [0.717, 1.165) is 0 Å². The molecule has 7 atom stereocenters. The summed E-state index contributed by atoms with van der Waals surface area (Å²) in [6.07, 6.45) is 9.73. The molecule has 8 N–H and O–H groups in total. The number of hydrogen-bond acceptors (Lipinski definition) is 16. The van der Waals surface area contributed by atoms with Crippen LogP contribution in [0, 0.1) is 10.8 Å². The molecule has 2 saturated heterocycles. The van der Waals surface area contributed by atoms with Crippen molar-refractivity contribution in [2.45, 2.75) is 74.2 Å². The summed E-state index contributed by atoms with van der Waals surface area (Å²) in [5, 5.41) is 52.4. The van der Waals surface area contributed by atoms with E-state index in [1.807, 2.05) is 24.0 Å². The fourth-order valence-corrected chi connectivity index (χ4v) is 13.2. The average molecular weight is 826 g/mol. The summed E-state index contributed by atoms with van der Waals surface area (Å²) < 4.78 is 29.0. The first-order valence-corrected chi connectivity index (χ1v) is 20.5. The third kappa shape index (κ3) is 4.29. The van der Waals surface area contributed by atoms with Gasteiger partial charge in [0.2, 0.25) is 11.5 Å². The minimum Gasteiger partial charge on any atom is -0.504 e. The van der Waals surface area contributed by atoms with Crippen LogP contribution in [-0.2, 0) is 29.9 Å². The van der Waals surface area contributed by atoms with Crippen molar-refractivity contribution in [1.29, 1.82) is 0 Å². The first-order chi connectivity index (χ1) is 28.8. The van der Waals surface area contributed by atoms with Crippen LogP contribution in [0.25, 0.3) is 0 Å². The first kappa shape index (κ1) is 38.8. The number of phenolic OH excluding ortho intramolecular Hbond substituents is 3. The molecule has 0 radical (unpaired) electrons. The van der Waals surface area contributed by atoms with Gasteiger partial charge in [-0.1, -0.05) is 25.2 Å². The largest absolute Gasteiger partial charge is 0.504 e. The lowest BCUT2D eigenvalue weighted by molar-refractivity contribution is -0.139. The van der Waals surface area contributed by atoms with Crippen LogP contribution >= 0.6 is 0 Å². The molecule has 6 aliphatic heterocycles. The molecule has 2 aromatic carbocycles. The van der Waals surface area contributed by atoms with Gasteiger partial charge in [-0.3, -0.25) is 4.90 Å². The van der Waals surface area contributed by atoms with Crippen molar-refractivity contribution in [3.8, 4) is 34.5 Å². The minimum atomic E-state index is -1.29. The van der Waals surface area contributed by atoms with Crippen LogP contribution in [0.2, 0.25) is 0 Å². The summed E-state index contributed by atoms with van der Waals surface area (Å²) in [6, 6.07) is 3.21. The molecule has 0 aromatic heterocycles. The Bertz CT molecular complexity index is 2410. The van der Waals surface area contributed by atoms with Crippen molar-refractivity contribution in [1.82, 2.24) is 9.80 Å². The molecular weight excluding hydrogens is 775 g/mol. The van der Waals surface area contributed by atoms with E-state index in [2.05, 4.69) is 27.7 Å². The number of carbonyl (C=O) groups is 2. The Balaban J connectivity index is 1.13. The fourth-order valence-electron chi connectivity index (χ4n) is 13.2. The van der Waals surface area contributed by atoms with Crippen LogP contribution in [-0.4, -0.2) is 115 Å². The number of hydrogen-bond donors (Lipinski definition) is 7. The van der Waals surface area contributed by atoms with Crippen molar-refractivity contribution in [2.24, 2.45) is 16.6 Å². The number of anilines is 2. The number of ether oxygens (including phenoxy) is 5. The number of phenols is 3. The Morgan fingerprint density at radius 1 is 0.883 bits per heavy atom. The molecule has 2 fully saturated rings. The Kier molecular flexibility index (Phi) is 8.27. The number of esters is 2. The first-order valence-electron chi connectivity index (χ1n) is 20.5. The molecule has 10 rings (SSSR count). The van der Waals surface area contributed by atoms with Gasteiger partial charge in [0.05, 0.1) is 67.5 Å². The summed E-state index contributed by atoms with van der Waals surface area (Å²) in [5.41, 5.74) is 7.46. The number of benzene rings is 2. The summed E-state index contributed by atoms with van der Waals surface area (Å²) in [7, 11) is 5.61. The zero-order valence-electron chi connectivity index (χ0n) is 34.3. The highest BCUT2D eigenvalue weighted by Crippen LogP contribution is 2.71. The maximum Gasteiger partial charge on any atom is 0.335 e. The van der Waals surface area contributed by atoms with Gasteiger partial charge in [-0.2, -0.15) is 0 Å². The lowest BCUT2D eigenvalue weighted by atomic mass is 9.51. The second kappa shape index (κ2) is 12.8. The predicted molar refractivity (Wildman–Crippen MR) is 217 cm³/mol. The van der Waals surface area contributed by atoms with Crippen molar-refractivity contribution in [3.05, 3.63) is 70.1 Å². The van der Waals surface area contributed by atoms with Crippen LogP contribution in [0.5, 0.6) is 34.5 Å². The molecule has 6 heterocycles. The lowest BCUT2D eigenvalue weighted by Gasteiger charge is -2.62. The van der Waals surface area contributed by atoms with E-state index in [1.54, 1.807) is 12.1 Å². The third-order valence-corrected chi connectivity index (χ3v) is 15.5. The molecule has 2 aromatic rings. The molecule has 8 aliphatic rings. The van der Waals surface area contributed by atoms with Gasteiger partial charge < -0.3 is 60.5 Å². The molecule has 1 unspecified atom stereocenters. The monoisotopic (exact) mass is 825 g/mol. The van der Waals surface area contributed by atoms with Gasteiger partial charge in [0.1, 0.15) is 0 Å². The van der Waals surface area contributed by atoms with E-state index in [0.29, 0.717) is 96.8 Å². The number of aromatic hydroxyl groups is 3. The number of methoxy groups -OCH3 is 4. The number of rotatable bonds is 9. The SMILES string of the molecule is CC[C@]12C=C[C@@H](Oc3cc4c(c(O)c3O)NC3=C(C(=O)OC)CC5(CCO)C=CCN6CC[C@@]34[C@@H]65)N3CC[C@]4(C(=C(C(=O)OC)C1)Nc1c4cc(O)c(OC)c1OC)[C@@]32N. The third-order valence-electron chi connectivity index (χ3n) is 15.5. The Morgan fingerprint density at radius 3 is 2.28 bits per heavy atom. The molecular formula is C44H51N5O11. The van der Waals surface area contributed by atoms with Gasteiger partial charge in [0.25, 0.3) is 0 Å². The molecule has 2 aliphatic carbocycles. The van der Waals surface area contributed by atoms with Gasteiger partial charge in [0, 0.05) is 54.5 Å². The van der Waals surface area contributed by atoms with Crippen molar-refractivity contribution < 1.29 is 53.7 Å². The quantitative estimate of drug-likeness (QED) is 0.0833. The molecule has 0 saturated carbocycles. The minimum absolute atomic E-state index is 0.0189. The zero-order valence-corrected chi connectivity index (χ0v) is 34.3. The van der Waals surface area contributed by atoms with E-state index in [4.69, 9.17) is 29.4 Å². The van der Waals surface area contributed by atoms with E-state index in [9.17, 15) is 30.0 Å². The van der Waals surface area contributed by atoms with Gasteiger partial charge in [-0.15, -0.1) is 0 Å². The van der Waals surface area contributed by atoms with Crippen LogP contribution in [0.15, 0.2) is 59.0 Å². The molecule has 16 heteroatoms. The maximum absolute atomic E-state index is 13.7. The topological polar surface area (TPSA) is 218 Å². The molecule has 0 amide bonds. The summed E-state index contributed by atoms with van der Waals surface area (Å²) in [4.78, 5) is 31.7. The highest BCUT2D eigenvalue weighted by molar-refractivity contribution is 5.96. The Morgan fingerprint density at radius 2 is 1.60 bits per heavy atom. The number of nitrogens with two attached hydrogens (primary N) is 1. The average Bonchev–Trinajstić information content (AvgIpc) is 4.00. The van der Waals surface area contributed by atoms with E-state index in [1.165, 1.54) is 28.4 Å². The lowest BCUT2D eigenvalue weighted by Crippen LogP contribution is -2.76. The van der Waals surface area contributed by atoms with Crippen LogP contribution in [0.4, 0.5) is 11.4 Å². The zero-order chi connectivity index (χ0) is 42.3. The molecule has 318 valence electrons. The Labute approximate surface area is 346 Å². The summed E-state index contributed by atoms with van der Waals surface area (Å²) in [6.45, 7) is 3.68. The van der Waals surface area contributed by atoms with Crippen LogP contribution in [0.1, 0.15) is 56.6 Å². The number of aliphatic hydroxyl groups excluding tert-OH is 1. The smallest absolute Gasteiger partial charge is 0.335 e.